The summed E-state index contributed by atoms with van der Waals surface area (Å²) in [5.41, 5.74) is 3.54. The zero-order valence-corrected chi connectivity index (χ0v) is 15.5. The van der Waals surface area contributed by atoms with Crippen molar-refractivity contribution in [2.75, 3.05) is 31.6 Å². The predicted molar refractivity (Wildman–Crippen MR) is 96.4 cm³/mol. The van der Waals surface area contributed by atoms with Crippen LogP contribution in [-0.2, 0) is 5.41 Å². The van der Waals surface area contributed by atoms with Crippen molar-refractivity contribution in [2.45, 2.75) is 38.3 Å². The van der Waals surface area contributed by atoms with Crippen LogP contribution in [0.1, 0.15) is 38.3 Å². The Kier molecular flexibility index (Phi) is 4.85. The first-order valence-electron chi connectivity index (χ1n) is 8.20. The average molecular weight is 347 g/mol. The summed E-state index contributed by atoms with van der Waals surface area (Å²) < 4.78 is 0. The Morgan fingerprint density at radius 1 is 1.33 bits per heavy atom. The van der Waals surface area contributed by atoms with Gasteiger partial charge in [0.25, 0.3) is 0 Å². The van der Waals surface area contributed by atoms with Gasteiger partial charge in [0.05, 0.1) is 16.9 Å². The summed E-state index contributed by atoms with van der Waals surface area (Å²) in [6.07, 6.45) is -0.527. The first kappa shape index (κ1) is 17.3. The van der Waals surface area contributed by atoms with Gasteiger partial charge >= 0.3 is 0 Å². The quantitative estimate of drug-likeness (QED) is 0.893. The molecule has 1 N–H and O–H groups in total. The molecule has 130 valence electrons. The Hall–Kier alpha value is -1.57. The third-order valence-corrected chi connectivity index (χ3v) is 5.09. The van der Waals surface area contributed by atoms with Gasteiger partial charge in [-0.15, -0.1) is 16.4 Å². The van der Waals surface area contributed by atoms with Gasteiger partial charge in [0.15, 0.2) is 5.82 Å². The standard InChI is InChI=1S/C17H25N5OS/c1-17(2,3)15-5-6-16(20-19-15)22-7-12(8-22)21(4)9-14(23)13-10-24-11-18-13/h5-6,10-12,14,23H,7-9H2,1-4H3. The maximum atomic E-state index is 10.2. The van der Waals surface area contributed by atoms with Gasteiger partial charge in [-0.2, -0.15) is 5.10 Å². The minimum Gasteiger partial charge on any atom is -0.385 e. The Labute approximate surface area is 147 Å². The van der Waals surface area contributed by atoms with Crippen molar-refractivity contribution in [3.05, 3.63) is 34.4 Å². The third-order valence-electron chi connectivity index (χ3n) is 4.48. The third kappa shape index (κ3) is 3.74. The van der Waals surface area contributed by atoms with Crippen LogP contribution in [0, 0.1) is 0 Å². The summed E-state index contributed by atoms with van der Waals surface area (Å²) in [6.45, 7) is 8.82. The smallest absolute Gasteiger partial charge is 0.151 e. The Balaban J connectivity index is 1.51. The molecule has 0 spiro atoms. The lowest BCUT2D eigenvalue weighted by atomic mass is 9.92. The number of hydrogen-bond donors (Lipinski definition) is 1. The lowest BCUT2D eigenvalue weighted by Gasteiger charge is -2.45. The first-order chi connectivity index (χ1) is 11.3. The van der Waals surface area contributed by atoms with Gasteiger partial charge < -0.3 is 10.0 Å². The van der Waals surface area contributed by atoms with Crippen LogP contribution in [0.25, 0.3) is 0 Å². The molecular formula is C17H25N5OS. The monoisotopic (exact) mass is 347 g/mol. The summed E-state index contributed by atoms with van der Waals surface area (Å²) in [4.78, 5) is 8.59. The molecule has 0 saturated carbocycles. The Morgan fingerprint density at radius 2 is 2.08 bits per heavy atom. The number of rotatable bonds is 5. The summed E-state index contributed by atoms with van der Waals surface area (Å²) in [6, 6.07) is 4.53. The van der Waals surface area contributed by atoms with Gasteiger partial charge in [-0.1, -0.05) is 20.8 Å². The minimum atomic E-state index is -0.527. The van der Waals surface area contributed by atoms with E-state index in [9.17, 15) is 5.11 Å². The highest BCUT2D eigenvalue weighted by atomic mass is 32.1. The fourth-order valence-corrected chi connectivity index (χ4v) is 3.32. The zero-order chi connectivity index (χ0) is 17.3. The molecule has 0 radical (unpaired) electrons. The second-order valence-corrected chi connectivity index (χ2v) is 8.17. The largest absolute Gasteiger partial charge is 0.385 e. The molecule has 24 heavy (non-hydrogen) atoms. The molecule has 0 bridgehead atoms. The molecule has 3 heterocycles. The van der Waals surface area contributed by atoms with E-state index < -0.39 is 6.10 Å². The molecule has 1 atom stereocenters. The second kappa shape index (κ2) is 6.74. The first-order valence-corrected chi connectivity index (χ1v) is 9.14. The highest BCUT2D eigenvalue weighted by Crippen LogP contribution is 2.25. The number of thiazole rings is 1. The van der Waals surface area contributed by atoms with Crippen molar-refractivity contribution in [1.29, 1.82) is 0 Å². The van der Waals surface area contributed by atoms with E-state index in [0.29, 0.717) is 12.6 Å². The molecule has 6 nitrogen and oxygen atoms in total. The molecular weight excluding hydrogens is 322 g/mol. The fourth-order valence-electron chi connectivity index (χ4n) is 2.72. The number of anilines is 1. The van der Waals surface area contributed by atoms with Crippen molar-refractivity contribution in [3.63, 3.8) is 0 Å². The number of nitrogens with zero attached hydrogens (tertiary/aromatic N) is 5. The lowest BCUT2D eigenvalue weighted by Crippen LogP contribution is -2.59. The molecule has 1 aliphatic rings. The van der Waals surface area contributed by atoms with E-state index in [1.807, 2.05) is 18.5 Å². The molecule has 0 aliphatic carbocycles. The van der Waals surface area contributed by atoms with E-state index in [1.54, 1.807) is 5.51 Å². The number of hydrogen-bond acceptors (Lipinski definition) is 7. The van der Waals surface area contributed by atoms with Crippen LogP contribution in [-0.4, -0.2) is 57.9 Å². The Bertz CT molecular complexity index is 647. The number of aliphatic hydroxyl groups is 1. The van der Waals surface area contributed by atoms with Gasteiger partial charge in [0, 0.05) is 36.5 Å². The van der Waals surface area contributed by atoms with Gasteiger partial charge in [-0.3, -0.25) is 4.90 Å². The minimum absolute atomic E-state index is 0.0229. The van der Waals surface area contributed by atoms with Gasteiger partial charge in [0.2, 0.25) is 0 Å². The predicted octanol–water partition coefficient (Wildman–Crippen LogP) is 2.08. The van der Waals surface area contributed by atoms with Crippen molar-refractivity contribution in [1.82, 2.24) is 20.1 Å². The molecule has 1 fully saturated rings. The second-order valence-electron chi connectivity index (χ2n) is 7.45. The molecule has 2 aromatic rings. The van der Waals surface area contributed by atoms with Crippen molar-refractivity contribution in [2.24, 2.45) is 0 Å². The summed E-state index contributed by atoms with van der Waals surface area (Å²) in [7, 11) is 2.05. The van der Waals surface area contributed by atoms with E-state index in [1.165, 1.54) is 11.3 Å². The van der Waals surface area contributed by atoms with Crippen molar-refractivity contribution in [3.8, 4) is 0 Å². The van der Waals surface area contributed by atoms with E-state index in [4.69, 9.17) is 0 Å². The van der Waals surface area contributed by atoms with E-state index in [0.717, 1.165) is 30.3 Å². The van der Waals surface area contributed by atoms with Crippen LogP contribution in [0.5, 0.6) is 0 Å². The molecule has 1 aliphatic heterocycles. The van der Waals surface area contributed by atoms with E-state index >= 15 is 0 Å². The van der Waals surface area contributed by atoms with E-state index in [2.05, 4.69) is 51.8 Å². The SMILES string of the molecule is CN(CC(O)c1cscn1)C1CN(c2ccc(C(C)(C)C)nn2)C1. The number of aliphatic hydroxyl groups excluding tert-OH is 1. The van der Waals surface area contributed by atoms with E-state index in [-0.39, 0.29) is 5.41 Å². The molecule has 7 heteroatoms. The van der Waals surface area contributed by atoms with Crippen molar-refractivity contribution >= 4 is 17.2 Å². The summed E-state index contributed by atoms with van der Waals surface area (Å²) >= 11 is 1.51. The summed E-state index contributed by atoms with van der Waals surface area (Å²) in [5.74, 6) is 0.924. The molecule has 0 aromatic carbocycles. The van der Waals surface area contributed by atoms with Crippen LogP contribution < -0.4 is 4.90 Å². The highest BCUT2D eigenvalue weighted by Gasteiger charge is 2.32. The topological polar surface area (TPSA) is 65.4 Å². The van der Waals surface area contributed by atoms with Gasteiger partial charge in [-0.05, 0) is 19.2 Å². The van der Waals surface area contributed by atoms with Gasteiger partial charge in [-0.25, -0.2) is 4.98 Å². The van der Waals surface area contributed by atoms with Crippen LogP contribution in [0.3, 0.4) is 0 Å². The lowest BCUT2D eigenvalue weighted by molar-refractivity contribution is 0.0922. The fraction of sp³-hybridized carbons (Fsp3) is 0.588. The van der Waals surface area contributed by atoms with Gasteiger partial charge in [0.1, 0.15) is 6.10 Å². The van der Waals surface area contributed by atoms with Crippen LogP contribution >= 0.6 is 11.3 Å². The summed E-state index contributed by atoms with van der Waals surface area (Å²) in [5, 5.41) is 20.8. The normalized spacial score (nSPS) is 17.2. The maximum Gasteiger partial charge on any atom is 0.151 e. The van der Waals surface area contributed by atoms with Crippen LogP contribution in [0.4, 0.5) is 5.82 Å². The highest BCUT2D eigenvalue weighted by molar-refractivity contribution is 7.07. The molecule has 1 saturated heterocycles. The number of aromatic nitrogens is 3. The number of likely N-dealkylation sites (N-methyl/N-ethyl adjacent to an activating group) is 1. The average Bonchev–Trinajstić information content (AvgIpc) is 2.99. The Morgan fingerprint density at radius 3 is 2.62 bits per heavy atom. The molecule has 0 amide bonds. The maximum absolute atomic E-state index is 10.2. The van der Waals surface area contributed by atoms with Crippen LogP contribution in [0.2, 0.25) is 0 Å². The van der Waals surface area contributed by atoms with Crippen molar-refractivity contribution < 1.29 is 5.11 Å². The molecule has 2 aromatic heterocycles. The molecule has 1 unspecified atom stereocenters. The molecule has 3 rings (SSSR count). The van der Waals surface area contributed by atoms with Crippen LogP contribution in [0.15, 0.2) is 23.0 Å². The zero-order valence-electron chi connectivity index (χ0n) is 14.7.